The van der Waals surface area contributed by atoms with Gasteiger partial charge in [-0.15, -0.1) is 0 Å². The molecule has 1 aromatic rings. The van der Waals surface area contributed by atoms with Gasteiger partial charge in [0.2, 0.25) is 10.0 Å². The molecule has 6 heteroatoms. The van der Waals surface area contributed by atoms with Gasteiger partial charge in [0.1, 0.15) is 0 Å². The van der Waals surface area contributed by atoms with E-state index >= 15 is 0 Å². The standard InChI is InChI=1S/C8H9BrINO2S/c1-2-14(12,13)11-6-3-4-7(9)8(10)5-6/h3-5,11H,2H2,1H3. The molecule has 0 spiro atoms. The van der Waals surface area contributed by atoms with Crippen molar-refractivity contribution in [1.82, 2.24) is 0 Å². The van der Waals surface area contributed by atoms with Crippen molar-refractivity contribution in [3.05, 3.63) is 26.2 Å². The molecule has 0 saturated carbocycles. The van der Waals surface area contributed by atoms with E-state index in [2.05, 4.69) is 43.2 Å². The summed E-state index contributed by atoms with van der Waals surface area (Å²) in [6.45, 7) is 1.60. The number of nitrogens with one attached hydrogen (secondary N) is 1. The number of hydrogen-bond acceptors (Lipinski definition) is 2. The normalized spacial score (nSPS) is 11.4. The molecule has 1 aromatic carbocycles. The molecule has 0 aromatic heterocycles. The molecule has 0 saturated heterocycles. The first kappa shape index (κ1) is 12.3. The van der Waals surface area contributed by atoms with Crippen LogP contribution in [-0.2, 0) is 10.0 Å². The molecular weight excluding hydrogens is 381 g/mol. The molecule has 1 N–H and O–H groups in total. The van der Waals surface area contributed by atoms with E-state index in [1.54, 1.807) is 19.1 Å². The van der Waals surface area contributed by atoms with E-state index in [0.717, 1.165) is 8.04 Å². The molecule has 78 valence electrons. The lowest BCUT2D eigenvalue weighted by Gasteiger charge is -2.06. The minimum atomic E-state index is -3.17. The van der Waals surface area contributed by atoms with Crippen LogP contribution in [0.2, 0.25) is 0 Å². The number of benzene rings is 1. The minimum absolute atomic E-state index is 0.0830. The number of hydrogen-bond donors (Lipinski definition) is 1. The molecule has 3 nitrogen and oxygen atoms in total. The highest BCUT2D eigenvalue weighted by molar-refractivity contribution is 14.1. The summed E-state index contributed by atoms with van der Waals surface area (Å²) in [6, 6.07) is 5.31. The van der Waals surface area contributed by atoms with Gasteiger partial charge < -0.3 is 0 Å². The van der Waals surface area contributed by atoms with Crippen LogP contribution >= 0.6 is 38.5 Å². The van der Waals surface area contributed by atoms with Crippen LogP contribution in [-0.4, -0.2) is 14.2 Å². The van der Waals surface area contributed by atoms with Crippen molar-refractivity contribution in [3.63, 3.8) is 0 Å². The van der Waals surface area contributed by atoms with E-state index in [9.17, 15) is 8.42 Å². The van der Waals surface area contributed by atoms with Crippen LogP contribution in [0.5, 0.6) is 0 Å². The Morgan fingerprint density at radius 3 is 2.64 bits per heavy atom. The summed E-state index contributed by atoms with van der Waals surface area (Å²) in [7, 11) is -3.17. The summed E-state index contributed by atoms with van der Waals surface area (Å²) in [6.07, 6.45) is 0. The molecule has 0 fully saturated rings. The average Bonchev–Trinajstić information content (AvgIpc) is 2.11. The van der Waals surface area contributed by atoms with Crippen molar-refractivity contribution in [2.45, 2.75) is 6.92 Å². The highest BCUT2D eigenvalue weighted by Crippen LogP contribution is 2.23. The Bertz CT molecular complexity index is 433. The maximum Gasteiger partial charge on any atom is 0.232 e. The third kappa shape index (κ3) is 3.39. The lowest BCUT2D eigenvalue weighted by molar-refractivity contribution is 0.602. The molecule has 0 aliphatic carbocycles. The van der Waals surface area contributed by atoms with Crippen LogP contribution in [0.25, 0.3) is 0 Å². The van der Waals surface area contributed by atoms with Crippen molar-refractivity contribution in [1.29, 1.82) is 0 Å². The van der Waals surface area contributed by atoms with E-state index < -0.39 is 10.0 Å². The van der Waals surface area contributed by atoms with Gasteiger partial charge in [0.05, 0.1) is 5.75 Å². The fourth-order valence-corrected chi connectivity index (χ4v) is 2.20. The van der Waals surface area contributed by atoms with Gasteiger partial charge >= 0.3 is 0 Å². The Hall–Kier alpha value is 0.180. The van der Waals surface area contributed by atoms with Crippen molar-refractivity contribution >= 4 is 54.2 Å². The molecule has 0 aliphatic rings. The quantitative estimate of drug-likeness (QED) is 0.808. The van der Waals surface area contributed by atoms with E-state index in [-0.39, 0.29) is 5.75 Å². The van der Waals surface area contributed by atoms with Crippen LogP contribution in [0.1, 0.15) is 6.92 Å². The second-order valence-corrected chi connectivity index (χ2v) is 6.66. The summed E-state index contributed by atoms with van der Waals surface area (Å²) < 4.78 is 26.9. The van der Waals surface area contributed by atoms with Gasteiger partial charge in [-0.3, -0.25) is 4.72 Å². The number of anilines is 1. The molecule has 0 aliphatic heterocycles. The van der Waals surface area contributed by atoms with Gasteiger partial charge in [0, 0.05) is 13.7 Å². The Morgan fingerprint density at radius 2 is 2.14 bits per heavy atom. The lowest BCUT2D eigenvalue weighted by atomic mass is 10.3. The number of rotatable bonds is 3. The maximum atomic E-state index is 11.2. The highest BCUT2D eigenvalue weighted by atomic mass is 127. The maximum absolute atomic E-state index is 11.2. The molecule has 0 bridgehead atoms. The van der Waals surface area contributed by atoms with E-state index in [1.165, 1.54) is 0 Å². The minimum Gasteiger partial charge on any atom is -0.284 e. The summed E-state index contributed by atoms with van der Waals surface area (Å²) >= 11 is 5.47. The first-order valence-electron chi connectivity index (χ1n) is 3.90. The van der Waals surface area contributed by atoms with Crippen LogP contribution in [0.3, 0.4) is 0 Å². The zero-order chi connectivity index (χ0) is 10.8. The third-order valence-corrected chi connectivity index (χ3v) is 5.21. The lowest BCUT2D eigenvalue weighted by Crippen LogP contribution is -2.14. The topological polar surface area (TPSA) is 46.2 Å². The molecule has 0 heterocycles. The van der Waals surface area contributed by atoms with Gasteiger partial charge in [-0.2, -0.15) is 0 Å². The molecule has 14 heavy (non-hydrogen) atoms. The zero-order valence-corrected chi connectivity index (χ0v) is 12.0. The van der Waals surface area contributed by atoms with Gasteiger partial charge in [-0.05, 0) is 63.6 Å². The highest BCUT2D eigenvalue weighted by Gasteiger charge is 2.07. The Balaban J connectivity index is 2.94. The monoisotopic (exact) mass is 389 g/mol. The van der Waals surface area contributed by atoms with Gasteiger partial charge in [0.15, 0.2) is 0 Å². The van der Waals surface area contributed by atoms with Crippen molar-refractivity contribution in [2.24, 2.45) is 0 Å². The average molecular weight is 390 g/mol. The molecule has 0 radical (unpaired) electrons. The zero-order valence-electron chi connectivity index (χ0n) is 7.42. The van der Waals surface area contributed by atoms with Gasteiger partial charge in [0.25, 0.3) is 0 Å². The van der Waals surface area contributed by atoms with Gasteiger partial charge in [-0.1, -0.05) is 0 Å². The van der Waals surface area contributed by atoms with Crippen molar-refractivity contribution in [2.75, 3.05) is 10.5 Å². The van der Waals surface area contributed by atoms with E-state index in [1.807, 2.05) is 6.07 Å². The SMILES string of the molecule is CCS(=O)(=O)Nc1ccc(Br)c(I)c1. The molecule has 0 atom stereocenters. The fraction of sp³-hybridized carbons (Fsp3) is 0.250. The Labute approximate surface area is 106 Å². The van der Waals surface area contributed by atoms with Crippen LogP contribution < -0.4 is 4.72 Å². The van der Waals surface area contributed by atoms with Crippen molar-refractivity contribution in [3.8, 4) is 0 Å². The Kier molecular flexibility index (Phi) is 4.20. The second kappa shape index (κ2) is 4.80. The molecule has 0 amide bonds. The number of sulfonamides is 1. The third-order valence-electron chi connectivity index (χ3n) is 1.57. The largest absolute Gasteiger partial charge is 0.284 e. The number of halogens is 2. The van der Waals surface area contributed by atoms with Crippen LogP contribution in [0.15, 0.2) is 22.7 Å². The predicted octanol–water partition coefficient (Wildman–Crippen LogP) is 2.82. The second-order valence-electron chi connectivity index (χ2n) is 2.63. The Morgan fingerprint density at radius 1 is 1.50 bits per heavy atom. The first-order valence-corrected chi connectivity index (χ1v) is 7.42. The van der Waals surface area contributed by atoms with Crippen molar-refractivity contribution < 1.29 is 8.42 Å². The summed E-state index contributed by atoms with van der Waals surface area (Å²) in [5.41, 5.74) is 0.597. The summed E-state index contributed by atoms with van der Waals surface area (Å²) in [5, 5.41) is 0. The summed E-state index contributed by atoms with van der Waals surface area (Å²) in [5.74, 6) is 0.0830. The fourth-order valence-electron chi connectivity index (χ4n) is 0.811. The molecular formula is C8H9BrINO2S. The molecule has 0 unspecified atom stereocenters. The first-order chi connectivity index (χ1) is 6.44. The summed E-state index contributed by atoms with van der Waals surface area (Å²) in [4.78, 5) is 0. The van der Waals surface area contributed by atoms with E-state index in [0.29, 0.717) is 5.69 Å². The van der Waals surface area contributed by atoms with Crippen LogP contribution in [0, 0.1) is 3.57 Å². The van der Waals surface area contributed by atoms with Crippen LogP contribution in [0.4, 0.5) is 5.69 Å². The molecule has 1 rings (SSSR count). The van der Waals surface area contributed by atoms with E-state index in [4.69, 9.17) is 0 Å². The predicted molar refractivity (Wildman–Crippen MR) is 69.9 cm³/mol. The smallest absolute Gasteiger partial charge is 0.232 e. The van der Waals surface area contributed by atoms with Gasteiger partial charge in [-0.25, -0.2) is 8.42 Å².